The number of aromatic nitrogens is 5. The van der Waals surface area contributed by atoms with Crippen LogP contribution in [0.3, 0.4) is 0 Å². The largest absolute Gasteiger partial charge is 0.507 e. The monoisotopic (exact) mass is 453 g/mol. The zero-order chi connectivity index (χ0) is 23.1. The molecule has 0 unspecified atom stereocenters. The van der Waals surface area contributed by atoms with E-state index in [2.05, 4.69) is 63.1 Å². The van der Waals surface area contributed by atoms with E-state index in [4.69, 9.17) is 11.6 Å². The molecule has 0 spiro atoms. The summed E-state index contributed by atoms with van der Waals surface area (Å²) in [6.07, 6.45) is 5.18. The summed E-state index contributed by atoms with van der Waals surface area (Å²) < 4.78 is 0. The Morgan fingerprint density at radius 1 is 1.03 bits per heavy atom. The molecule has 9 heteroatoms. The topological polar surface area (TPSA) is 100.0 Å². The highest BCUT2D eigenvalue weighted by molar-refractivity contribution is 6.28. The van der Waals surface area contributed by atoms with Crippen LogP contribution in [-0.2, 0) is 0 Å². The number of halogens is 1. The number of nitrogens with one attached hydrogen (secondary N) is 1. The molecule has 1 saturated heterocycles. The molecule has 0 radical (unpaired) electrons. The second kappa shape index (κ2) is 8.26. The maximum Gasteiger partial charge on any atom is 0.245 e. The number of nitrogens with zero attached hydrogens (tertiary/aromatic N) is 6. The van der Waals surface area contributed by atoms with Gasteiger partial charge in [0.2, 0.25) is 11.2 Å². The van der Waals surface area contributed by atoms with E-state index in [-0.39, 0.29) is 22.1 Å². The highest BCUT2D eigenvalue weighted by Crippen LogP contribution is 2.34. The Balaban J connectivity index is 1.55. The molecule has 2 aromatic heterocycles. The lowest BCUT2D eigenvalue weighted by molar-refractivity contribution is 0.160. The second-order valence-electron chi connectivity index (χ2n) is 9.65. The van der Waals surface area contributed by atoms with Crippen LogP contribution >= 0.6 is 11.6 Å². The third-order valence-electron chi connectivity index (χ3n) is 5.78. The summed E-state index contributed by atoms with van der Waals surface area (Å²) in [6.45, 7) is 8.88. The molecular weight excluding hydrogens is 426 g/mol. The van der Waals surface area contributed by atoms with Crippen molar-refractivity contribution in [3.8, 4) is 28.3 Å². The maximum atomic E-state index is 10.6. The van der Waals surface area contributed by atoms with Gasteiger partial charge < -0.3 is 15.3 Å². The SMILES string of the molecule is CN(c1ncc(-c2ccc(-c3ccnc(Cl)n3)cc2O)nn1)C1CC(C)(C)NC(C)(C)C1. The van der Waals surface area contributed by atoms with Gasteiger partial charge >= 0.3 is 0 Å². The van der Waals surface area contributed by atoms with Crippen LogP contribution in [0.1, 0.15) is 40.5 Å². The standard InChI is InChI=1S/C23H28ClN7O/c1-22(2)11-15(12-23(3,4)30-22)31(5)21-26-13-18(28-29-21)16-7-6-14(10-19(16)32)17-8-9-25-20(24)27-17/h6-10,13,15,30,32H,11-12H2,1-5H3. The number of rotatable bonds is 4. The molecule has 3 aromatic rings. The smallest absolute Gasteiger partial charge is 0.245 e. The lowest BCUT2D eigenvalue weighted by atomic mass is 9.79. The van der Waals surface area contributed by atoms with Gasteiger partial charge in [-0.2, -0.15) is 0 Å². The van der Waals surface area contributed by atoms with E-state index in [9.17, 15) is 5.11 Å². The van der Waals surface area contributed by atoms with E-state index >= 15 is 0 Å². The predicted octanol–water partition coefficient (Wildman–Crippen LogP) is 4.10. The van der Waals surface area contributed by atoms with Gasteiger partial charge in [-0.05, 0) is 70.3 Å². The van der Waals surface area contributed by atoms with Crippen molar-refractivity contribution in [3.05, 3.63) is 41.9 Å². The molecule has 1 aliphatic heterocycles. The lowest BCUT2D eigenvalue weighted by Gasteiger charge is -2.48. The first-order valence-electron chi connectivity index (χ1n) is 10.6. The fraction of sp³-hybridized carbons (Fsp3) is 0.435. The van der Waals surface area contributed by atoms with Crippen molar-refractivity contribution in [2.75, 3.05) is 11.9 Å². The molecule has 32 heavy (non-hydrogen) atoms. The first-order valence-corrected chi connectivity index (χ1v) is 10.9. The van der Waals surface area contributed by atoms with E-state index in [0.717, 1.165) is 18.4 Å². The van der Waals surface area contributed by atoms with Crippen molar-refractivity contribution in [2.24, 2.45) is 0 Å². The summed E-state index contributed by atoms with van der Waals surface area (Å²) in [4.78, 5) is 14.7. The minimum absolute atomic E-state index is 0.0233. The van der Waals surface area contributed by atoms with Gasteiger partial charge in [0.15, 0.2) is 0 Å². The molecule has 4 rings (SSSR count). The molecule has 0 bridgehead atoms. The lowest BCUT2D eigenvalue weighted by Crippen LogP contribution is -2.62. The van der Waals surface area contributed by atoms with Crippen LogP contribution < -0.4 is 10.2 Å². The number of anilines is 1. The van der Waals surface area contributed by atoms with Crippen LogP contribution in [0.25, 0.3) is 22.5 Å². The van der Waals surface area contributed by atoms with E-state index in [0.29, 0.717) is 28.9 Å². The van der Waals surface area contributed by atoms with E-state index in [1.807, 2.05) is 13.1 Å². The molecule has 1 fully saturated rings. The van der Waals surface area contributed by atoms with E-state index in [1.165, 1.54) is 0 Å². The third kappa shape index (κ3) is 4.81. The Hall–Kier alpha value is -2.84. The Morgan fingerprint density at radius 3 is 2.34 bits per heavy atom. The molecule has 168 valence electrons. The first-order chi connectivity index (χ1) is 15.0. The molecule has 1 aromatic carbocycles. The fourth-order valence-electron chi connectivity index (χ4n) is 4.66. The molecule has 3 heterocycles. The van der Waals surface area contributed by atoms with Crippen molar-refractivity contribution in [2.45, 2.75) is 57.7 Å². The van der Waals surface area contributed by atoms with Crippen molar-refractivity contribution < 1.29 is 5.11 Å². The molecule has 2 N–H and O–H groups in total. The number of hydrogen-bond acceptors (Lipinski definition) is 8. The van der Waals surface area contributed by atoms with Crippen molar-refractivity contribution in [1.29, 1.82) is 0 Å². The number of phenolic OH excluding ortho intramolecular Hbond substituents is 1. The number of hydrogen-bond donors (Lipinski definition) is 2. The van der Waals surface area contributed by atoms with E-state index in [1.54, 1.807) is 30.6 Å². The number of benzene rings is 1. The average molecular weight is 454 g/mol. The molecule has 1 aliphatic rings. The molecule has 8 nitrogen and oxygen atoms in total. The zero-order valence-corrected chi connectivity index (χ0v) is 19.7. The van der Waals surface area contributed by atoms with Gasteiger partial charge in [-0.25, -0.2) is 15.0 Å². The highest BCUT2D eigenvalue weighted by atomic mass is 35.5. The van der Waals surface area contributed by atoms with Crippen molar-refractivity contribution in [3.63, 3.8) is 0 Å². The van der Waals surface area contributed by atoms with Crippen LogP contribution in [0.5, 0.6) is 5.75 Å². The number of aromatic hydroxyl groups is 1. The van der Waals surface area contributed by atoms with Gasteiger partial charge in [-0.3, -0.25) is 0 Å². The normalized spacial score (nSPS) is 17.8. The summed E-state index contributed by atoms with van der Waals surface area (Å²) in [5.74, 6) is 0.635. The zero-order valence-electron chi connectivity index (χ0n) is 19.0. The number of piperidine rings is 1. The molecule has 0 amide bonds. The van der Waals surface area contributed by atoms with Gasteiger partial charge in [0.1, 0.15) is 11.4 Å². The number of phenols is 1. The van der Waals surface area contributed by atoms with Crippen LogP contribution in [0.15, 0.2) is 36.7 Å². The predicted molar refractivity (Wildman–Crippen MR) is 126 cm³/mol. The van der Waals surface area contributed by atoms with Crippen LogP contribution in [0.2, 0.25) is 5.28 Å². The molecule has 0 atom stereocenters. The third-order valence-corrected chi connectivity index (χ3v) is 5.96. The van der Waals surface area contributed by atoms with Gasteiger partial charge in [0.25, 0.3) is 0 Å². The summed E-state index contributed by atoms with van der Waals surface area (Å²) >= 11 is 5.87. The Kier molecular flexibility index (Phi) is 5.77. The van der Waals surface area contributed by atoms with Crippen LogP contribution in [0.4, 0.5) is 5.95 Å². The Bertz CT molecular complexity index is 1100. The van der Waals surface area contributed by atoms with Crippen LogP contribution in [-0.4, -0.2) is 54.4 Å². The summed E-state index contributed by atoms with van der Waals surface area (Å²) in [6, 6.07) is 7.26. The molecule has 0 saturated carbocycles. The van der Waals surface area contributed by atoms with Gasteiger partial charge in [0, 0.05) is 41.5 Å². The molecular formula is C23H28ClN7O. The average Bonchev–Trinajstić information content (AvgIpc) is 2.71. The highest BCUT2D eigenvalue weighted by Gasteiger charge is 2.39. The van der Waals surface area contributed by atoms with Gasteiger partial charge in [-0.15, -0.1) is 10.2 Å². The summed E-state index contributed by atoms with van der Waals surface area (Å²) in [5.41, 5.74) is 2.44. The quantitative estimate of drug-likeness (QED) is 0.569. The van der Waals surface area contributed by atoms with Gasteiger partial charge in [-0.1, -0.05) is 6.07 Å². The van der Waals surface area contributed by atoms with Crippen molar-refractivity contribution >= 4 is 17.5 Å². The summed E-state index contributed by atoms with van der Waals surface area (Å²) in [7, 11) is 2.01. The summed E-state index contributed by atoms with van der Waals surface area (Å²) in [5, 5.41) is 23.1. The van der Waals surface area contributed by atoms with Crippen molar-refractivity contribution in [1.82, 2.24) is 30.5 Å². The first kappa shape index (κ1) is 22.4. The van der Waals surface area contributed by atoms with E-state index < -0.39 is 0 Å². The molecule has 0 aliphatic carbocycles. The minimum atomic E-state index is 0.0233. The Morgan fingerprint density at radius 2 is 1.75 bits per heavy atom. The minimum Gasteiger partial charge on any atom is -0.507 e. The second-order valence-corrected chi connectivity index (χ2v) is 9.99. The Labute approximate surface area is 193 Å². The fourth-order valence-corrected chi connectivity index (χ4v) is 4.81. The maximum absolute atomic E-state index is 10.6. The van der Waals surface area contributed by atoms with Crippen LogP contribution in [0, 0.1) is 0 Å². The van der Waals surface area contributed by atoms with Gasteiger partial charge in [0.05, 0.1) is 11.9 Å².